The van der Waals surface area contributed by atoms with Crippen molar-refractivity contribution in [1.29, 1.82) is 0 Å². The summed E-state index contributed by atoms with van der Waals surface area (Å²) in [5.41, 5.74) is 0.699. The van der Waals surface area contributed by atoms with Crippen LogP contribution in [0, 0.1) is 34.5 Å². The standard InChI is InChI=1S/C21H29FO2/c1-12(23)15-4-5-16-14-11-19(22)18-10-13(24)6-8-21(18,3)17(14)7-9-20(15,16)2/h10,14-17,19H,4-9,11H2,1-3H3/t14-,15+,16-,17-,19-,20+,21+/m0/s1/i22-1. The van der Waals surface area contributed by atoms with Crippen LogP contribution in [-0.2, 0) is 9.59 Å². The summed E-state index contributed by atoms with van der Waals surface area (Å²) in [7, 11) is 0. The zero-order chi connectivity index (χ0) is 17.3. The molecule has 132 valence electrons. The molecule has 0 aromatic heterocycles. The molecular weight excluding hydrogens is 302 g/mol. The van der Waals surface area contributed by atoms with E-state index in [1.54, 1.807) is 13.0 Å². The van der Waals surface area contributed by atoms with Crippen LogP contribution >= 0.6 is 0 Å². The molecule has 0 radical (unpaired) electrons. The molecular formula is C21H29FO2. The number of halogens is 1. The summed E-state index contributed by atoms with van der Waals surface area (Å²) in [6.07, 6.45) is 6.80. The summed E-state index contributed by atoms with van der Waals surface area (Å²) in [6.45, 7) is 6.23. The highest BCUT2D eigenvalue weighted by Gasteiger charge is 2.61. The van der Waals surface area contributed by atoms with E-state index in [1.165, 1.54) is 0 Å². The molecule has 4 rings (SSSR count). The maximum absolute atomic E-state index is 15.1. The number of ketones is 2. The fourth-order valence-corrected chi connectivity index (χ4v) is 7.23. The first-order valence-electron chi connectivity index (χ1n) is 9.67. The van der Waals surface area contributed by atoms with Gasteiger partial charge in [-0.1, -0.05) is 13.8 Å². The first-order valence-corrected chi connectivity index (χ1v) is 9.67. The molecule has 0 aromatic rings. The van der Waals surface area contributed by atoms with Crippen LogP contribution in [0.25, 0.3) is 0 Å². The van der Waals surface area contributed by atoms with Gasteiger partial charge in [-0.25, -0.2) is 4.39 Å². The Bertz CT molecular complexity index is 623. The van der Waals surface area contributed by atoms with Gasteiger partial charge >= 0.3 is 0 Å². The smallest absolute Gasteiger partial charge is 0.155 e. The second-order valence-corrected chi connectivity index (χ2v) is 9.35. The highest BCUT2D eigenvalue weighted by molar-refractivity contribution is 5.91. The van der Waals surface area contributed by atoms with E-state index in [1.807, 2.05) is 0 Å². The summed E-state index contributed by atoms with van der Waals surface area (Å²) >= 11 is 0. The van der Waals surface area contributed by atoms with Crippen molar-refractivity contribution in [3.63, 3.8) is 0 Å². The molecule has 0 unspecified atom stereocenters. The predicted molar refractivity (Wildman–Crippen MR) is 91.2 cm³/mol. The molecule has 24 heavy (non-hydrogen) atoms. The largest absolute Gasteiger partial charge is 0.300 e. The van der Waals surface area contributed by atoms with Gasteiger partial charge in [0, 0.05) is 12.3 Å². The monoisotopic (exact) mass is 331 g/mol. The minimum absolute atomic E-state index is 0.0643. The number of alkyl halides is 1. The first-order chi connectivity index (χ1) is 11.3. The average molecular weight is 331 g/mol. The van der Waals surface area contributed by atoms with E-state index in [0.717, 1.165) is 37.7 Å². The maximum atomic E-state index is 15.1. The van der Waals surface area contributed by atoms with Crippen LogP contribution < -0.4 is 0 Å². The highest BCUT2D eigenvalue weighted by Crippen LogP contribution is 2.66. The number of carbonyl (C=O) groups is 2. The van der Waals surface area contributed by atoms with Gasteiger partial charge in [0.2, 0.25) is 0 Å². The molecule has 0 heterocycles. The van der Waals surface area contributed by atoms with E-state index in [9.17, 15) is 9.59 Å². The normalized spacial score (nSPS) is 50.6. The van der Waals surface area contributed by atoms with Crippen LogP contribution in [-0.4, -0.2) is 17.7 Å². The summed E-state index contributed by atoms with van der Waals surface area (Å²) in [6, 6.07) is 0. The van der Waals surface area contributed by atoms with Crippen molar-refractivity contribution in [3.8, 4) is 0 Å². The Morgan fingerprint density at radius 2 is 1.92 bits per heavy atom. The summed E-state index contributed by atoms with van der Waals surface area (Å²) < 4.78 is 15.1. The Kier molecular flexibility index (Phi) is 3.61. The van der Waals surface area contributed by atoms with E-state index in [0.29, 0.717) is 36.4 Å². The Morgan fingerprint density at radius 1 is 1.17 bits per heavy atom. The molecule has 2 nitrogen and oxygen atoms in total. The van der Waals surface area contributed by atoms with E-state index in [2.05, 4.69) is 13.8 Å². The van der Waals surface area contributed by atoms with Crippen molar-refractivity contribution in [2.45, 2.75) is 71.9 Å². The second-order valence-electron chi connectivity index (χ2n) is 9.35. The SMILES string of the molecule is CC(=O)[C@H]1CC[C@H]2[C@@H]3C[C@H]([18F])C4=CC(=O)CC[C@]4(C)[C@H]3CC[C@]12C. The molecule has 0 aromatic carbocycles. The van der Waals surface area contributed by atoms with Crippen LogP contribution in [0.2, 0.25) is 0 Å². The van der Waals surface area contributed by atoms with Crippen LogP contribution in [0.3, 0.4) is 0 Å². The lowest BCUT2D eigenvalue weighted by molar-refractivity contribution is -0.129. The second kappa shape index (κ2) is 5.25. The maximum Gasteiger partial charge on any atom is 0.155 e. The van der Waals surface area contributed by atoms with E-state index >= 15 is 4.39 Å². The number of carbonyl (C=O) groups excluding carboxylic acids is 2. The molecule has 4 aliphatic carbocycles. The van der Waals surface area contributed by atoms with Crippen molar-refractivity contribution < 1.29 is 14.0 Å². The molecule has 0 bridgehead atoms. The molecule has 7 atom stereocenters. The highest BCUT2D eigenvalue weighted by atomic mass is 18.2. The van der Waals surface area contributed by atoms with Crippen molar-refractivity contribution in [3.05, 3.63) is 11.6 Å². The fourth-order valence-electron chi connectivity index (χ4n) is 7.23. The Morgan fingerprint density at radius 3 is 2.62 bits per heavy atom. The molecule has 3 fully saturated rings. The quantitative estimate of drug-likeness (QED) is 0.699. The zero-order valence-corrected chi connectivity index (χ0v) is 15.1. The van der Waals surface area contributed by atoms with Crippen molar-refractivity contribution in [2.75, 3.05) is 0 Å². The van der Waals surface area contributed by atoms with Crippen LogP contribution in [0.5, 0.6) is 0 Å². The molecule has 0 spiro atoms. The van der Waals surface area contributed by atoms with E-state index in [4.69, 9.17) is 0 Å². The number of rotatable bonds is 1. The number of Topliss-reactive ketones (excluding diaryl/α,β-unsaturated/α-hetero) is 1. The zero-order valence-electron chi connectivity index (χ0n) is 15.1. The molecule has 0 saturated heterocycles. The van der Waals surface area contributed by atoms with E-state index in [-0.39, 0.29) is 22.5 Å². The summed E-state index contributed by atoms with van der Waals surface area (Å²) in [5.74, 6) is 1.91. The lowest BCUT2D eigenvalue weighted by Crippen LogP contribution is -2.53. The lowest BCUT2D eigenvalue weighted by Gasteiger charge is -2.58. The average Bonchev–Trinajstić information content (AvgIpc) is 2.87. The number of hydrogen-bond donors (Lipinski definition) is 0. The predicted octanol–water partition coefficient (Wildman–Crippen LogP) is 4.67. The van der Waals surface area contributed by atoms with Gasteiger partial charge in [0.1, 0.15) is 12.0 Å². The van der Waals surface area contributed by atoms with Gasteiger partial charge in [-0.15, -0.1) is 0 Å². The van der Waals surface area contributed by atoms with Gasteiger partial charge in [0.05, 0.1) is 0 Å². The third kappa shape index (κ3) is 2.05. The molecule has 0 aliphatic heterocycles. The number of allylic oxidation sites excluding steroid dienone is 1. The van der Waals surface area contributed by atoms with Gasteiger partial charge in [0.25, 0.3) is 0 Å². The Hall–Kier alpha value is -0.990. The van der Waals surface area contributed by atoms with Gasteiger partial charge in [-0.05, 0) is 85.7 Å². The van der Waals surface area contributed by atoms with Crippen molar-refractivity contribution in [1.82, 2.24) is 0 Å². The summed E-state index contributed by atoms with van der Waals surface area (Å²) in [5, 5.41) is 0. The minimum atomic E-state index is -0.973. The molecule has 3 heteroatoms. The van der Waals surface area contributed by atoms with Crippen LogP contribution in [0.4, 0.5) is 4.39 Å². The van der Waals surface area contributed by atoms with Gasteiger partial charge < -0.3 is 0 Å². The Labute approximate surface area is 144 Å². The van der Waals surface area contributed by atoms with Crippen molar-refractivity contribution in [2.24, 2.45) is 34.5 Å². The molecule has 3 saturated carbocycles. The number of fused-ring (bicyclic) bond motifs is 5. The van der Waals surface area contributed by atoms with Crippen LogP contribution in [0.1, 0.15) is 65.7 Å². The summed E-state index contributed by atoms with van der Waals surface area (Å²) in [4.78, 5) is 24.0. The minimum Gasteiger partial charge on any atom is -0.300 e. The molecule has 0 amide bonds. The van der Waals surface area contributed by atoms with Gasteiger partial charge in [-0.2, -0.15) is 0 Å². The van der Waals surface area contributed by atoms with Crippen molar-refractivity contribution >= 4 is 11.6 Å². The van der Waals surface area contributed by atoms with E-state index < -0.39 is 6.17 Å². The third-order valence-corrected chi connectivity index (χ3v) is 8.43. The Balaban J connectivity index is 1.71. The topological polar surface area (TPSA) is 34.1 Å². The molecule has 4 aliphatic rings. The van der Waals surface area contributed by atoms with Gasteiger partial charge in [-0.3, -0.25) is 9.59 Å². The van der Waals surface area contributed by atoms with Gasteiger partial charge in [0.15, 0.2) is 5.78 Å². The fraction of sp³-hybridized carbons (Fsp3) is 0.810. The number of hydrogen-bond acceptors (Lipinski definition) is 2. The van der Waals surface area contributed by atoms with Crippen LogP contribution in [0.15, 0.2) is 11.6 Å². The first kappa shape index (κ1) is 16.5. The third-order valence-electron chi connectivity index (χ3n) is 8.43. The lowest BCUT2D eigenvalue weighted by atomic mass is 9.46. The molecule has 0 N–H and O–H groups in total.